The first-order valence-electron chi connectivity index (χ1n) is 9.58. The fraction of sp³-hybridized carbons (Fsp3) is 0.409. The second-order valence-corrected chi connectivity index (χ2v) is 6.90. The Bertz CT molecular complexity index is 744. The number of benzene rings is 1. The van der Waals surface area contributed by atoms with E-state index >= 15 is 0 Å². The number of nitrogens with zero attached hydrogens (tertiary/aromatic N) is 2. The summed E-state index contributed by atoms with van der Waals surface area (Å²) >= 11 is 0. The number of amides is 2. The van der Waals surface area contributed by atoms with Crippen molar-refractivity contribution in [3.8, 4) is 0 Å². The summed E-state index contributed by atoms with van der Waals surface area (Å²) in [5.74, 6) is -0.0263. The minimum atomic E-state index is -0.0708. The molecule has 1 N–H and O–H groups in total. The Kier molecular flexibility index (Phi) is 7.53. The third-order valence-electron chi connectivity index (χ3n) is 4.85. The maximum Gasteiger partial charge on any atom is 0.230 e. The van der Waals surface area contributed by atoms with E-state index in [0.717, 1.165) is 29.9 Å². The summed E-state index contributed by atoms with van der Waals surface area (Å²) < 4.78 is 0. The smallest absolute Gasteiger partial charge is 0.230 e. The van der Waals surface area contributed by atoms with E-state index in [4.69, 9.17) is 0 Å². The number of aromatic nitrogens is 1. The molecule has 0 saturated carbocycles. The molecule has 27 heavy (non-hydrogen) atoms. The summed E-state index contributed by atoms with van der Waals surface area (Å²) in [6, 6.07) is 13.1. The van der Waals surface area contributed by atoms with Crippen LogP contribution in [0.4, 0.5) is 11.4 Å². The molecule has 0 bridgehead atoms. The van der Waals surface area contributed by atoms with Gasteiger partial charge in [-0.15, -0.1) is 0 Å². The van der Waals surface area contributed by atoms with Crippen molar-refractivity contribution in [2.75, 3.05) is 10.2 Å². The zero-order chi connectivity index (χ0) is 19.8. The van der Waals surface area contributed by atoms with E-state index in [9.17, 15) is 9.59 Å². The minimum absolute atomic E-state index is 0.00581. The van der Waals surface area contributed by atoms with Crippen molar-refractivity contribution in [2.24, 2.45) is 11.8 Å². The molecule has 2 amide bonds. The number of anilines is 2. The highest BCUT2D eigenvalue weighted by Crippen LogP contribution is 2.23. The highest BCUT2D eigenvalue weighted by molar-refractivity contribution is 5.96. The van der Waals surface area contributed by atoms with Crippen LogP contribution in [0.1, 0.15) is 46.2 Å². The third-order valence-corrected chi connectivity index (χ3v) is 4.85. The largest absolute Gasteiger partial charge is 0.326 e. The van der Waals surface area contributed by atoms with Gasteiger partial charge in [-0.2, -0.15) is 0 Å². The second-order valence-electron chi connectivity index (χ2n) is 6.90. The highest BCUT2D eigenvalue weighted by Gasteiger charge is 2.21. The summed E-state index contributed by atoms with van der Waals surface area (Å²) in [5, 5.41) is 2.92. The van der Waals surface area contributed by atoms with Gasteiger partial charge in [0.2, 0.25) is 11.8 Å². The van der Waals surface area contributed by atoms with Crippen molar-refractivity contribution in [3.05, 3.63) is 54.4 Å². The molecule has 1 aromatic heterocycles. The van der Waals surface area contributed by atoms with Gasteiger partial charge in [-0.3, -0.25) is 14.6 Å². The molecule has 0 aliphatic rings. The summed E-state index contributed by atoms with van der Waals surface area (Å²) in [7, 11) is 0. The van der Waals surface area contributed by atoms with Crippen LogP contribution in [0.3, 0.4) is 0 Å². The Balaban J connectivity index is 2.22. The number of carbonyl (C=O) groups is 2. The molecule has 2 atom stereocenters. The average molecular weight is 367 g/mol. The van der Waals surface area contributed by atoms with Crippen LogP contribution in [0.15, 0.2) is 48.7 Å². The van der Waals surface area contributed by atoms with E-state index in [1.54, 1.807) is 11.1 Å². The molecule has 0 fully saturated rings. The molecule has 1 aromatic carbocycles. The summed E-state index contributed by atoms with van der Waals surface area (Å²) in [4.78, 5) is 31.1. The van der Waals surface area contributed by atoms with Crippen LogP contribution in [0.25, 0.3) is 0 Å². The molecule has 5 heteroatoms. The van der Waals surface area contributed by atoms with Gasteiger partial charge in [0.15, 0.2) is 0 Å². The first kappa shape index (κ1) is 20.6. The lowest BCUT2D eigenvalue weighted by molar-refractivity contribution is -0.122. The van der Waals surface area contributed by atoms with Crippen LogP contribution in [0.5, 0.6) is 0 Å². The molecule has 2 aromatic rings. The molecule has 0 aliphatic heterocycles. The molecule has 0 spiro atoms. The van der Waals surface area contributed by atoms with Crippen LogP contribution in [0.2, 0.25) is 0 Å². The maximum absolute atomic E-state index is 12.9. The van der Waals surface area contributed by atoms with E-state index in [-0.39, 0.29) is 23.7 Å². The Morgan fingerprint density at radius 2 is 1.67 bits per heavy atom. The molecule has 2 rings (SSSR count). The van der Waals surface area contributed by atoms with E-state index in [1.165, 1.54) is 0 Å². The van der Waals surface area contributed by atoms with Crippen LogP contribution in [-0.2, 0) is 16.1 Å². The summed E-state index contributed by atoms with van der Waals surface area (Å²) in [6.07, 6.45) is 3.31. The predicted molar refractivity (Wildman–Crippen MR) is 109 cm³/mol. The van der Waals surface area contributed by atoms with Crippen molar-refractivity contribution in [1.29, 1.82) is 0 Å². The SMILES string of the molecule is CCC(C)C(=O)Nc1ccc(N(Cc2ccccn2)C(=O)C(C)CC)cc1. The maximum atomic E-state index is 12.9. The summed E-state index contributed by atoms with van der Waals surface area (Å²) in [5.41, 5.74) is 2.37. The monoisotopic (exact) mass is 367 g/mol. The first-order valence-corrected chi connectivity index (χ1v) is 9.58. The molecule has 5 nitrogen and oxygen atoms in total. The van der Waals surface area contributed by atoms with Crippen molar-refractivity contribution >= 4 is 23.2 Å². The molecule has 144 valence electrons. The van der Waals surface area contributed by atoms with Gasteiger partial charge in [0.25, 0.3) is 0 Å². The van der Waals surface area contributed by atoms with E-state index in [0.29, 0.717) is 6.54 Å². The summed E-state index contributed by atoms with van der Waals surface area (Å²) in [6.45, 7) is 8.26. The number of hydrogen-bond acceptors (Lipinski definition) is 3. The molecule has 0 aliphatic carbocycles. The van der Waals surface area contributed by atoms with E-state index < -0.39 is 0 Å². The van der Waals surface area contributed by atoms with Gasteiger partial charge in [-0.1, -0.05) is 33.8 Å². The van der Waals surface area contributed by atoms with Gasteiger partial charge in [-0.05, 0) is 49.2 Å². The number of pyridine rings is 1. The molecular formula is C22H29N3O2. The predicted octanol–water partition coefficient (Wildman–Crippen LogP) is 4.65. The van der Waals surface area contributed by atoms with E-state index in [2.05, 4.69) is 10.3 Å². The van der Waals surface area contributed by atoms with Crippen molar-refractivity contribution in [3.63, 3.8) is 0 Å². The Hall–Kier alpha value is -2.69. The fourth-order valence-corrected chi connectivity index (χ4v) is 2.57. The molecule has 2 unspecified atom stereocenters. The Morgan fingerprint density at radius 1 is 1.00 bits per heavy atom. The molecule has 1 heterocycles. The fourth-order valence-electron chi connectivity index (χ4n) is 2.57. The minimum Gasteiger partial charge on any atom is -0.326 e. The van der Waals surface area contributed by atoms with Gasteiger partial charge in [0.1, 0.15) is 0 Å². The number of carbonyl (C=O) groups excluding carboxylic acids is 2. The lowest BCUT2D eigenvalue weighted by atomic mass is 10.1. The normalized spacial score (nSPS) is 12.9. The third kappa shape index (κ3) is 5.64. The standard InChI is InChI=1S/C22H29N3O2/c1-5-16(3)21(26)24-18-10-12-20(13-11-18)25(22(27)17(4)6-2)15-19-9-7-8-14-23-19/h7-14,16-17H,5-6,15H2,1-4H3,(H,24,26). The van der Waals surface area contributed by atoms with Crippen LogP contribution >= 0.6 is 0 Å². The number of nitrogens with one attached hydrogen (secondary N) is 1. The topological polar surface area (TPSA) is 62.3 Å². The van der Waals surface area contributed by atoms with Gasteiger partial charge >= 0.3 is 0 Å². The Labute approximate surface area is 161 Å². The van der Waals surface area contributed by atoms with Gasteiger partial charge in [0.05, 0.1) is 12.2 Å². The second kappa shape index (κ2) is 9.86. The molecule has 0 saturated heterocycles. The average Bonchev–Trinajstić information content (AvgIpc) is 2.71. The van der Waals surface area contributed by atoms with Gasteiger partial charge < -0.3 is 10.2 Å². The molecule has 0 radical (unpaired) electrons. The quantitative estimate of drug-likeness (QED) is 0.739. The Morgan fingerprint density at radius 3 is 2.22 bits per heavy atom. The van der Waals surface area contributed by atoms with Crippen LogP contribution in [-0.4, -0.2) is 16.8 Å². The number of rotatable bonds is 8. The number of hydrogen-bond donors (Lipinski definition) is 1. The first-order chi connectivity index (χ1) is 13.0. The van der Waals surface area contributed by atoms with Crippen molar-refractivity contribution in [1.82, 2.24) is 4.98 Å². The lowest BCUT2D eigenvalue weighted by Crippen LogP contribution is -2.34. The van der Waals surface area contributed by atoms with Gasteiger partial charge in [-0.25, -0.2) is 0 Å². The van der Waals surface area contributed by atoms with Crippen LogP contribution < -0.4 is 10.2 Å². The van der Waals surface area contributed by atoms with Gasteiger partial charge in [0, 0.05) is 29.4 Å². The van der Waals surface area contributed by atoms with E-state index in [1.807, 2.05) is 70.2 Å². The van der Waals surface area contributed by atoms with Crippen LogP contribution in [0, 0.1) is 11.8 Å². The zero-order valence-corrected chi connectivity index (χ0v) is 16.6. The van der Waals surface area contributed by atoms with Crippen molar-refractivity contribution < 1.29 is 9.59 Å². The van der Waals surface area contributed by atoms with Crippen molar-refractivity contribution in [2.45, 2.75) is 47.1 Å². The zero-order valence-electron chi connectivity index (χ0n) is 16.6. The molecular weight excluding hydrogens is 338 g/mol. The lowest BCUT2D eigenvalue weighted by Gasteiger charge is -2.25. The highest BCUT2D eigenvalue weighted by atomic mass is 16.2.